The molecule has 3 rings (SSSR count). The van der Waals surface area contributed by atoms with Crippen molar-refractivity contribution < 1.29 is 14.2 Å². The van der Waals surface area contributed by atoms with E-state index >= 15 is 0 Å². The summed E-state index contributed by atoms with van der Waals surface area (Å²) in [5.74, 6) is 2.16. The highest BCUT2D eigenvalue weighted by Crippen LogP contribution is 2.37. The smallest absolute Gasteiger partial charge is 0.167 e. The Balaban J connectivity index is 1.78. The van der Waals surface area contributed by atoms with Gasteiger partial charge in [-0.15, -0.1) is 0 Å². The average molecular weight is 511 g/mol. The van der Waals surface area contributed by atoms with Gasteiger partial charge >= 0.3 is 0 Å². The van der Waals surface area contributed by atoms with Crippen LogP contribution in [0.1, 0.15) is 16.7 Å². The van der Waals surface area contributed by atoms with Gasteiger partial charge in [0.15, 0.2) is 11.5 Å². The standard InChI is InChI=1S/C23H22BrCl2NO3/c1-28-21-6-4-3-5-15(21)12-27-13-18-19(24)9-10-22(29-2)23(18)30-14-16-7-8-17(25)11-20(16)26/h3-11,27H,12-14H2,1-2H3. The van der Waals surface area contributed by atoms with Crippen LogP contribution in [0.15, 0.2) is 59.1 Å². The quantitative estimate of drug-likeness (QED) is 0.350. The fourth-order valence-electron chi connectivity index (χ4n) is 3.03. The number of hydrogen-bond donors (Lipinski definition) is 1. The monoisotopic (exact) mass is 509 g/mol. The minimum atomic E-state index is 0.294. The molecule has 0 fully saturated rings. The molecule has 30 heavy (non-hydrogen) atoms. The van der Waals surface area contributed by atoms with E-state index in [0.717, 1.165) is 26.9 Å². The number of nitrogens with one attached hydrogen (secondary N) is 1. The van der Waals surface area contributed by atoms with Crippen LogP contribution in [-0.2, 0) is 19.7 Å². The zero-order chi connectivity index (χ0) is 21.5. The molecule has 0 unspecified atom stereocenters. The zero-order valence-electron chi connectivity index (χ0n) is 16.7. The van der Waals surface area contributed by atoms with Crippen molar-refractivity contribution in [2.24, 2.45) is 0 Å². The highest BCUT2D eigenvalue weighted by atomic mass is 79.9. The van der Waals surface area contributed by atoms with E-state index in [4.69, 9.17) is 37.4 Å². The zero-order valence-corrected chi connectivity index (χ0v) is 19.8. The summed E-state index contributed by atoms with van der Waals surface area (Å²) < 4.78 is 18.0. The maximum atomic E-state index is 6.29. The van der Waals surface area contributed by atoms with Gasteiger partial charge in [0.25, 0.3) is 0 Å². The van der Waals surface area contributed by atoms with E-state index in [0.29, 0.717) is 41.2 Å². The lowest BCUT2D eigenvalue weighted by Gasteiger charge is -2.18. The summed E-state index contributed by atoms with van der Waals surface area (Å²) >= 11 is 15.9. The van der Waals surface area contributed by atoms with Gasteiger partial charge in [0.2, 0.25) is 0 Å². The second kappa shape index (κ2) is 10.9. The topological polar surface area (TPSA) is 39.7 Å². The normalized spacial score (nSPS) is 10.7. The predicted molar refractivity (Wildman–Crippen MR) is 125 cm³/mol. The SMILES string of the molecule is COc1ccccc1CNCc1c(Br)ccc(OC)c1OCc1ccc(Cl)cc1Cl. The molecule has 0 amide bonds. The van der Waals surface area contributed by atoms with Gasteiger partial charge in [0.05, 0.1) is 14.2 Å². The largest absolute Gasteiger partial charge is 0.496 e. The minimum Gasteiger partial charge on any atom is -0.496 e. The van der Waals surface area contributed by atoms with Crippen LogP contribution in [-0.4, -0.2) is 14.2 Å². The highest BCUT2D eigenvalue weighted by molar-refractivity contribution is 9.10. The number of rotatable bonds is 9. The molecule has 0 heterocycles. The molecule has 0 aliphatic heterocycles. The Hall–Kier alpha value is -1.92. The fourth-order valence-corrected chi connectivity index (χ4v) is 3.94. The Kier molecular flexibility index (Phi) is 8.28. The van der Waals surface area contributed by atoms with Gasteiger partial charge in [0.1, 0.15) is 12.4 Å². The number of methoxy groups -OCH3 is 2. The Morgan fingerprint density at radius 2 is 1.63 bits per heavy atom. The van der Waals surface area contributed by atoms with Crippen LogP contribution < -0.4 is 19.5 Å². The van der Waals surface area contributed by atoms with Crippen LogP contribution >= 0.6 is 39.1 Å². The summed E-state index contributed by atoms with van der Waals surface area (Å²) in [7, 11) is 3.29. The Morgan fingerprint density at radius 3 is 2.37 bits per heavy atom. The molecule has 0 atom stereocenters. The van der Waals surface area contributed by atoms with Crippen molar-refractivity contribution in [3.8, 4) is 17.2 Å². The van der Waals surface area contributed by atoms with Crippen molar-refractivity contribution in [3.63, 3.8) is 0 Å². The first-order chi connectivity index (χ1) is 14.5. The van der Waals surface area contributed by atoms with Gasteiger partial charge in [0, 0.05) is 44.3 Å². The van der Waals surface area contributed by atoms with Gasteiger partial charge in [-0.3, -0.25) is 0 Å². The molecular weight excluding hydrogens is 489 g/mol. The van der Waals surface area contributed by atoms with E-state index in [1.54, 1.807) is 26.4 Å². The lowest BCUT2D eigenvalue weighted by Crippen LogP contribution is -2.15. The molecule has 0 radical (unpaired) electrons. The van der Waals surface area contributed by atoms with Gasteiger partial charge in [-0.1, -0.05) is 63.4 Å². The van der Waals surface area contributed by atoms with Crippen molar-refractivity contribution in [2.45, 2.75) is 19.7 Å². The number of hydrogen-bond acceptors (Lipinski definition) is 4. The van der Waals surface area contributed by atoms with Crippen LogP contribution in [0.3, 0.4) is 0 Å². The molecular formula is C23H22BrCl2NO3. The number of ether oxygens (including phenoxy) is 3. The molecule has 1 N–H and O–H groups in total. The molecule has 0 bridgehead atoms. The molecule has 0 saturated heterocycles. The van der Waals surface area contributed by atoms with Crippen molar-refractivity contribution in [1.29, 1.82) is 0 Å². The summed E-state index contributed by atoms with van der Waals surface area (Å²) in [6.45, 7) is 1.51. The fraction of sp³-hybridized carbons (Fsp3) is 0.217. The molecule has 0 aliphatic rings. The third-order valence-corrected chi connectivity index (χ3v) is 5.91. The minimum absolute atomic E-state index is 0.294. The number of benzene rings is 3. The predicted octanol–water partition coefficient (Wildman–Crippen LogP) is 6.64. The van der Waals surface area contributed by atoms with Gasteiger partial charge < -0.3 is 19.5 Å². The maximum Gasteiger partial charge on any atom is 0.167 e. The third-order valence-electron chi connectivity index (χ3n) is 4.58. The van der Waals surface area contributed by atoms with Crippen LogP contribution in [0.25, 0.3) is 0 Å². The molecule has 0 aliphatic carbocycles. The second-order valence-electron chi connectivity index (χ2n) is 6.50. The Labute approximate surface area is 195 Å². The molecule has 7 heteroatoms. The first-order valence-corrected chi connectivity index (χ1v) is 10.8. The summed E-state index contributed by atoms with van der Waals surface area (Å²) in [5, 5.41) is 4.60. The van der Waals surface area contributed by atoms with Crippen molar-refractivity contribution in [2.75, 3.05) is 14.2 Å². The van der Waals surface area contributed by atoms with Crippen molar-refractivity contribution >= 4 is 39.1 Å². The van der Waals surface area contributed by atoms with Crippen LogP contribution in [0.2, 0.25) is 10.0 Å². The van der Waals surface area contributed by atoms with E-state index in [1.165, 1.54) is 0 Å². The van der Waals surface area contributed by atoms with Crippen LogP contribution in [0, 0.1) is 0 Å². The van der Waals surface area contributed by atoms with E-state index in [9.17, 15) is 0 Å². The Bertz CT molecular complexity index is 1010. The Morgan fingerprint density at radius 1 is 0.867 bits per heavy atom. The third kappa shape index (κ3) is 5.61. The molecule has 158 valence electrons. The first kappa shape index (κ1) is 22.8. The summed E-state index contributed by atoms with van der Waals surface area (Å²) in [6, 6.07) is 17.1. The average Bonchev–Trinajstić information content (AvgIpc) is 2.75. The number of halogens is 3. The van der Waals surface area contributed by atoms with Gasteiger partial charge in [-0.05, 0) is 30.3 Å². The molecule has 0 aromatic heterocycles. The first-order valence-electron chi connectivity index (χ1n) is 9.28. The van der Waals surface area contributed by atoms with Gasteiger partial charge in [-0.25, -0.2) is 0 Å². The molecule has 0 spiro atoms. The van der Waals surface area contributed by atoms with Crippen LogP contribution in [0.4, 0.5) is 0 Å². The van der Waals surface area contributed by atoms with E-state index in [2.05, 4.69) is 21.2 Å². The summed E-state index contributed by atoms with van der Waals surface area (Å²) in [4.78, 5) is 0. The molecule has 4 nitrogen and oxygen atoms in total. The van der Waals surface area contributed by atoms with Gasteiger partial charge in [-0.2, -0.15) is 0 Å². The van der Waals surface area contributed by atoms with Crippen LogP contribution in [0.5, 0.6) is 17.2 Å². The molecule has 0 saturated carbocycles. The summed E-state index contributed by atoms with van der Waals surface area (Å²) in [5.41, 5.74) is 2.87. The maximum absolute atomic E-state index is 6.29. The second-order valence-corrected chi connectivity index (χ2v) is 8.20. The molecule has 3 aromatic rings. The van der Waals surface area contributed by atoms with E-state index < -0.39 is 0 Å². The highest BCUT2D eigenvalue weighted by Gasteiger charge is 2.16. The van der Waals surface area contributed by atoms with Crippen molar-refractivity contribution in [1.82, 2.24) is 5.32 Å². The lowest BCUT2D eigenvalue weighted by molar-refractivity contribution is 0.280. The van der Waals surface area contributed by atoms with E-state index in [-0.39, 0.29) is 0 Å². The lowest BCUT2D eigenvalue weighted by atomic mass is 10.1. The molecule has 3 aromatic carbocycles. The van der Waals surface area contributed by atoms with Crippen molar-refractivity contribution in [3.05, 3.63) is 85.8 Å². The van der Waals surface area contributed by atoms with E-state index in [1.807, 2.05) is 42.5 Å². The summed E-state index contributed by atoms with van der Waals surface area (Å²) in [6.07, 6.45) is 0. The number of para-hydroxylation sites is 1.